The van der Waals surface area contributed by atoms with Crippen molar-refractivity contribution < 1.29 is 24.9 Å². The Labute approximate surface area is 135 Å². The first-order valence-corrected chi connectivity index (χ1v) is 7.52. The second-order valence-electron chi connectivity index (χ2n) is 6.13. The molecule has 1 heterocycles. The first kappa shape index (κ1) is 17.1. The molecule has 2 rings (SSSR count). The molecular weight excluding hydrogens is 296 g/mol. The van der Waals surface area contributed by atoms with Gasteiger partial charge in [0.2, 0.25) is 0 Å². The lowest BCUT2D eigenvalue weighted by Crippen LogP contribution is -2.31. The number of ether oxygens (including phenoxy) is 1. The predicted octanol–water partition coefficient (Wildman–Crippen LogP) is 3.28. The Hall–Kier alpha value is -2.27. The van der Waals surface area contributed by atoms with E-state index in [-0.39, 0.29) is 17.9 Å². The summed E-state index contributed by atoms with van der Waals surface area (Å²) in [6.45, 7) is 5.48. The molecule has 0 radical (unpaired) electrons. The maximum Gasteiger partial charge on any atom is 0.339 e. The topological polar surface area (TPSA) is 87.0 Å². The van der Waals surface area contributed by atoms with E-state index in [0.29, 0.717) is 23.3 Å². The molecule has 0 unspecified atom stereocenters. The molecule has 0 saturated heterocycles. The van der Waals surface area contributed by atoms with Gasteiger partial charge < -0.3 is 20.1 Å². The Bertz CT molecular complexity index is 687. The van der Waals surface area contributed by atoms with Gasteiger partial charge in [-0.2, -0.15) is 0 Å². The second-order valence-corrected chi connectivity index (χ2v) is 6.13. The molecule has 0 fully saturated rings. The number of aromatic carboxylic acids is 1. The number of carboxylic acids is 1. The average Bonchev–Trinajstić information content (AvgIpc) is 2.45. The number of aliphatic hydroxyl groups excluding tert-OH is 1. The van der Waals surface area contributed by atoms with E-state index in [0.717, 1.165) is 12.0 Å². The standard InChI is InChI=1S/C18H22O5/c1-11(10-19)5-4-7-18(3)8-6-13-14(23-18)9-12(2)15(16(13)20)17(21)22/h5-6,8-9,19-20H,4,7,10H2,1-3H3,(H,21,22)/b11-5+/t18-/m0/s1. The van der Waals surface area contributed by atoms with Crippen LogP contribution in [0.15, 0.2) is 23.8 Å². The van der Waals surface area contributed by atoms with Gasteiger partial charge in [-0.1, -0.05) is 11.6 Å². The van der Waals surface area contributed by atoms with Crippen LogP contribution >= 0.6 is 0 Å². The van der Waals surface area contributed by atoms with Gasteiger partial charge in [0.25, 0.3) is 0 Å². The van der Waals surface area contributed by atoms with Crippen LogP contribution in [0.2, 0.25) is 0 Å². The summed E-state index contributed by atoms with van der Waals surface area (Å²) in [6, 6.07) is 1.65. The molecule has 1 aromatic carbocycles. The minimum absolute atomic E-state index is 0.0429. The average molecular weight is 318 g/mol. The molecule has 5 nitrogen and oxygen atoms in total. The van der Waals surface area contributed by atoms with Crippen LogP contribution in [0.25, 0.3) is 6.08 Å². The number of rotatable bonds is 5. The van der Waals surface area contributed by atoms with Crippen LogP contribution in [0, 0.1) is 6.92 Å². The minimum Gasteiger partial charge on any atom is -0.506 e. The summed E-state index contributed by atoms with van der Waals surface area (Å²) in [4.78, 5) is 11.2. The molecule has 0 aromatic heterocycles. The third kappa shape index (κ3) is 3.56. The molecule has 0 spiro atoms. The van der Waals surface area contributed by atoms with E-state index < -0.39 is 11.6 Å². The van der Waals surface area contributed by atoms with Crippen molar-refractivity contribution in [3.63, 3.8) is 0 Å². The monoisotopic (exact) mass is 318 g/mol. The second kappa shape index (κ2) is 6.46. The van der Waals surface area contributed by atoms with E-state index in [4.69, 9.17) is 9.84 Å². The number of aryl methyl sites for hydroxylation is 1. The molecule has 1 aliphatic rings. The van der Waals surface area contributed by atoms with Gasteiger partial charge >= 0.3 is 5.97 Å². The smallest absolute Gasteiger partial charge is 0.339 e. The highest BCUT2D eigenvalue weighted by molar-refractivity contribution is 5.95. The highest BCUT2D eigenvalue weighted by atomic mass is 16.5. The van der Waals surface area contributed by atoms with Gasteiger partial charge in [-0.15, -0.1) is 0 Å². The van der Waals surface area contributed by atoms with Crippen molar-refractivity contribution in [2.45, 2.75) is 39.2 Å². The Balaban J connectivity index is 2.27. The van der Waals surface area contributed by atoms with E-state index in [1.54, 1.807) is 19.1 Å². The van der Waals surface area contributed by atoms with Crippen LogP contribution in [0.1, 0.15) is 48.2 Å². The molecule has 5 heteroatoms. The van der Waals surface area contributed by atoms with E-state index >= 15 is 0 Å². The number of benzene rings is 1. The number of hydrogen-bond donors (Lipinski definition) is 3. The summed E-state index contributed by atoms with van der Waals surface area (Å²) in [6.07, 6.45) is 6.97. The summed E-state index contributed by atoms with van der Waals surface area (Å²) in [7, 11) is 0. The van der Waals surface area contributed by atoms with Crippen LogP contribution in [0.5, 0.6) is 11.5 Å². The van der Waals surface area contributed by atoms with Crippen molar-refractivity contribution in [2.24, 2.45) is 0 Å². The molecule has 0 amide bonds. The number of aromatic hydroxyl groups is 1. The van der Waals surface area contributed by atoms with E-state index in [1.165, 1.54) is 0 Å². The van der Waals surface area contributed by atoms with Crippen molar-refractivity contribution in [2.75, 3.05) is 6.61 Å². The zero-order valence-corrected chi connectivity index (χ0v) is 13.6. The van der Waals surface area contributed by atoms with Crippen LogP contribution in [0.4, 0.5) is 0 Å². The largest absolute Gasteiger partial charge is 0.506 e. The molecule has 3 N–H and O–H groups in total. The van der Waals surface area contributed by atoms with Gasteiger partial charge in [0.1, 0.15) is 22.7 Å². The molecule has 0 aliphatic carbocycles. The quantitative estimate of drug-likeness (QED) is 0.725. The highest BCUT2D eigenvalue weighted by Gasteiger charge is 2.30. The van der Waals surface area contributed by atoms with Crippen molar-refractivity contribution >= 4 is 12.0 Å². The number of aliphatic hydroxyl groups is 1. The molecule has 0 saturated carbocycles. The van der Waals surface area contributed by atoms with Gasteiger partial charge in [-0.3, -0.25) is 0 Å². The van der Waals surface area contributed by atoms with Crippen molar-refractivity contribution in [3.8, 4) is 11.5 Å². The molecule has 23 heavy (non-hydrogen) atoms. The van der Waals surface area contributed by atoms with Gasteiger partial charge in [-0.05, 0) is 57.4 Å². The van der Waals surface area contributed by atoms with Crippen LogP contribution < -0.4 is 4.74 Å². The maximum atomic E-state index is 11.2. The van der Waals surface area contributed by atoms with E-state index in [1.807, 2.05) is 26.0 Å². The molecule has 1 aromatic rings. The number of allylic oxidation sites excluding steroid dienone is 1. The van der Waals surface area contributed by atoms with Crippen molar-refractivity contribution in [1.29, 1.82) is 0 Å². The van der Waals surface area contributed by atoms with Gasteiger partial charge in [0.05, 0.1) is 12.2 Å². The number of fused-ring (bicyclic) bond motifs is 1. The Kier molecular flexibility index (Phi) is 4.80. The molecular formula is C18H22O5. The van der Waals surface area contributed by atoms with Crippen LogP contribution in [-0.2, 0) is 0 Å². The third-order valence-electron chi connectivity index (χ3n) is 4.04. The fourth-order valence-corrected chi connectivity index (χ4v) is 2.65. The fourth-order valence-electron chi connectivity index (χ4n) is 2.65. The fraction of sp³-hybridized carbons (Fsp3) is 0.389. The van der Waals surface area contributed by atoms with Gasteiger partial charge in [0.15, 0.2) is 0 Å². The van der Waals surface area contributed by atoms with Crippen molar-refractivity contribution in [1.82, 2.24) is 0 Å². The van der Waals surface area contributed by atoms with E-state index in [2.05, 4.69) is 0 Å². The molecule has 124 valence electrons. The lowest BCUT2D eigenvalue weighted by molar-refractivity contribution is 0.0692. The third-order valence-corrected chi connectivity index (χ3v) is 4.04. The number of carboxylic acid groups (broad SMARTS) is 1. The first-order chi connectivity index (χ1) is 10.8. The lowest BCUT2D eigenvalue weighted by atomic mass is 9.92. The summed E-state index contributed by atoms with van der Waals surface area (Å²) < 4.78 is 6.00. The van der Waals surface area contributed by atoms with Crippen LogP contribution in [0.3, 0.4) is 0 Å². The lowest BCUT2D eigenvalue weighted by Gasteiger charge is -2.32. The SMILES string of the molecule is C/C(=C\CC[C@@]1(C)C=Cc2c(cc(C)c(C(=O)O)c2O)O1)CO. The minimum atomic E-state index is -1.16. The first-order valence-electron chi connectivity index (χ1n) is 7.52. The van der Waals surface area contributed by atoms with Crippen LogP contribution in [-0.4, -0.2) is 33.5 Å². The van der Waals surface area contributed by atoms with E-state index in [9.17, 15) is 15.0 Å². The van der Waals surface area contributed by atoms with Gasteiger partial charge in [0, 0.05) is 0 Å². The normalized spacial score (nSPS) is 20.1. The molecule has 1 atom stereocenters. The van der Waals surface area contributed by atoms with Crippen molar-refractivity contribution in [3.05, 3.63) is 40.5 Å². The maximum absolute atomic E-state index is 11.2. The summed E-state index contributed by atoms with van der Waals surface area (Å²) in [5.41, 5.74) is 1.13. The Morgan fingerprint density at radius 1 is 1.43 bits per heavy atom. The Morgan fingerprint density at radius 3 is 2.74 bits per heavy atom. The molecule has 0 bridgehead atoms. The number of carbonyl (C=O) groups is 1. The zero-order chi connectivity index (χ0) is 17.2. The summed E-state index contributed by atoms with van der Waals surface area (Å²) >= 11 is 0. The highest BCUT2D eigenvalue weighted by Crippen LogP contribution is 2.41. The Morgan fingerprint density at radius 2 is 2.13 bits per heavy atom. The molecule has 1 aliphatic heterocycles. The predicted molar refractivity (Wildman–Crippen MR) is 87.9 cm³/mol. The zero-order valence-electron chi connectivity index (χ0n) is 13.6. The summed E-state index contributed by atoms with van der Waals surface area (Å²) in [5.74, 6) is -0.936. The number of hydrogen-bond acceptors (Lipinski definition) is 4. The summed E-state index contributed by atoms with van der Waals surface area (Å²) in [5, 5.41) is 28.4. The number of phenols is 1. The van der Waals surface area contributed by atoms with Gasteiger partial charge in [-0.25, -0.2) is 4.79 Å².